The molecule has 1 amide bonds. The van der Waals surface area contributed by atoms with Crippen molar-refractivity contribution < 1.29 is 9.90 Å². The average molecular weight is 260 g/mol. The molecule has 0 bridgehead atoms. The topological polar surface area (TPSA) is 80.0 Å². The van der Waals surface area contributed by atoms with Gasteiger partial charge in [0.05, 0.1) is 6.10 Å². The molecule has 0 saturated carbocycles. The number of amides is 1. The van der Waals surface area contributed by atoms with Crippen LogP contribution in [-0.4, -0.2) is 38.2 Å². The smallest absolute Gasteiger partial charge is 0.269 e. The lowest BCUT2D eigenvalue weighted by Gasteiger charge is -2.07. The lowest BCUT2D eigenvalue weighted by molar-refractivity contribution is 0.0940. The van der Waals surface area contributed by atoms with Gasteiger partial charge in [0.1, 0.15) is 17.8 Å². The zero-order valence-corrected chi connectivity index (χ0v) is 10.7. The van der Waals surface area contributed by atoms with Crippen molar-refractivity contribution >= 4 is 5.91 Å². The maximum atomic E-state index is 11.9. The molecule has 0 radical (unpaired) electrons. The normalized spacial score (nSPS) is 12.1. The predicted molar refractivity (Wildman–Crippen MR) is 70.0 cm³/mol. The first kappa shape index (κ1) is 13.2. The Bertz CT molecular complexity index is 537. The molecule has 2 rings (SSSR count). The van der Waals surface area contributed by atoms with Crippen LogP contribution in [0.25, 0.3) is 5.82 Å². The van der Waals surface area contributed by atoms with Crippen LogP contribution in [0, 0.1) is 0 Å². The van der Waals surface area contributed by atoms with E-state index in [4.69, 9.17) is 5.11 Å². The number of aromatic nitrogens is 3. The van der Waals surface area contributed by atoms with Gasteiger partial charge in [0.15, 0.2) is 0 Å². The monoisotopic (exact) mass is 260 g/mol. The van der Waals surface area contributed by atoms with Gasteiger partial charge in [-0.1, -0.05) is 6.07 Å². The van der Waals surface area contributed by atoms with Gasteiger partial charge in [0.25, 0.3) is 5.91 Å². The Kier molecular flexibility index (Phi) is 4.25. The van der Waals surface area contributed by atoms with E-state index in [1.807, 2.05) is 0 Å². The summed E-state index contributed by atoms with van der Waals surface area (Å²) in [5.74, 6) is 0.392. The summed E-state index contributed by atoms with van der Waals surface area (Å²) >= 11 is 0. The molecular weight excluding hydrogens is 244 g/mol. The average Bonchev–Trinajstić information content (AvgIpc) is 2.92. The summed E-state index contributed by atoms with van der Waals surface area (Å²) in [6, 6.07) is 5.22. The highest BCUT2D eigenvalue weighted by atomic mass is 16.3. The van der Waals surface area contributed by atoms with E-state index < -0.39 is 6.10 Å². The summed E-state index contributed by atoms with van der Waals surface area (Å²) in [6.07, 6.45) is 5.13. The molecule has 0 aliphatic heterocycles. The Morgan fingerprint density at radius 3 is 3.05 bits per heavy atom. The number of carbonyl (C=O) groups is 1. The molecule has 0 aromatic carbocycles. The van der Waals surface area contributed by atoms with Gasteiger partial charge in [-0.15, -0.1) is 0 Å². The molecule has 0 fully saturated rings. The maximum absolute atomic E-state index is 11.9. The van der Waals surface area contributed by atoms with E-state index in [1.54, 1.807) is 48.4 Å². The highest BCUT2D eigenvalue weighted by molar-refractivity contribution is 5.92. The largest absolute Gasteiger partial charge is 0.393 e. The zero-order valence-electron chi connectivity index (χ0n) is 10.7. The van der Waals surface area contributed by atoms with E-state index >= 15 is 0 Å². The van der Waals surface area contributed by atoms with Crippen LogP contribution < -0.4 is 5.32 Å². The van der Waals surface area contributed by atoms with Gasteiger partial charge in [-0.2, -0.15) is 0 Å². The van der Waals surface area contributed by atoms with Crippen molar-refractivity contribution in [3.05, 3.63) is 42.6 Å². The van der Waals surface area contributed by atoms with Crippen LogP contribution >= 0.6 is 0 Å². The second-order valence-electron chi connectivity index (χ2n) is 4.24. The molecule has 6 nitrogen and oxygen atoms in total. The van der Waals surface area contributed by atoms with E-state index in [-0.39, 0.29) is 5.91 Å². The minimum Gasteiger partial charge on any atom is -0.393 e. The first-order valence-electron chi connectivity index (χ1n) is 6.08. The van der Waals surface area contributed by atoms with Crippen LogP contribution in [0.5, 0.6) is 0 Å². The van der Waals surface area contributed by atoms with Crippen LogP contribution in [0.15, 0.2) is 36.9 Å². The summed E-state index contributed by atoms with van der Waals surface area (Å²) in [7, 11) is 0. The molecular formula is C13H16N4O2. The van der Waals surface area contributed by atoms with Crippen molar-refractivity contribution in [1.82, 2.24) is 19.9 Å². The number of nitrogens with one attached hydrogen (secondary N) is 1. The van der Waals surface area contributed by atoms with E-state index in [0.29, 0.717) is 24.5 Å². The van der Waals surface area contributed by atoms with Crippen LogP contribution in [0.3, 0.4) is 0 Å². The molecule has 2 aromatic heterocycles. The molecule has 100 valence electrons. The van der Waals surface area contributed by atoms with Crippen molar-refractivity contribution in [3.63, 3.8) is 0 Å². The van der Waals surface area contributed by atoms with E-state index in [1.165, 1.54) is 0 Å². The summed E-state index contributed by atoms with van der Waals surface area (Å²) in [4.78, 5) is 20.1. The van der Waals surface area contributed by atoms with Gasteiger partial charge in [0, 0.05) is 18.9 Å². The molecule has 0 aliphatic rings. The molecule has 1 atom stereocenters. The first-order valence-corrected chi connectivity index (χ1v) is 6.08. The van der Waals surface area contributed by atoms with Crippen molar-refractivity contribution in [3.8, 4) is 5.82 Å². The molecule has 0 aliphatic carbocycles. The molecule has 0 spiro atoms. The molecule has 2 aromatic rings. The number of hydrogen-bond acceptors (Lipinski definition) is 4. The highest BCUT2D eigenvalue weighted by Gasteiger charge is 2.08. The number of hydrogen-bond donors (Lipinski definition) is 2. The standard InChI is InChI=1S/C13H16N4O2/c1-10(18)5-6-15-13(19)11-3-2-4-12(16-11)17-8-7-14-9-17/h2-4,7-10,18H,5-6H2,1H3,(H,15,19). The van der Waals surface area contributed by atoms with Crippen LogP contribution in [0.1, 0.15) is 23.8 Å². The third-order valence-corrected chi connectivity index (χ3v) is 2.58. The fourth-order valence-electron chi connectivity index (χ4n) is 1.57. The minimum atomic E-state index is -0.425. The molecule has 2 N–H and O–H groups in total. The SMILES string of the molecule is CC(O)CCNC(=O)c1cccc(-n2ccnc2)n1. The lowest BCUT2D eigenvalue weighted by atomic mass is 10.2. The Hall–Kier alpha value is -2.21. The van der Waals surface area contributed by atoms with Crippen molar-refractivity contribution in [1.29, 1.82) is 0 Å². The van der Waals surface area contributed by atoms with Crippen molar-refractivity contribution in [2.45, 2.75) is 19.4 Å². The van der Waals surface area contributed by atoms with Gasteiger partial charge < -0.3 is 10.4 Å². The summed E-state index contributed by atoms with van der Waals surface area (Å²) in [5.41, 5.74) is 0.344. The van der Waals surface area contributed by atoms with E-state index in [2.05, 4.69) is 15.3 Å². The summed E-state index contributed by atoms with van der Waals surface area (Å²) in [5, 5.41) is 11.8. The number of aliphatic hydroxyl groups is 1. The number of nitrogens with zero attached hydrogens (tertiary/aromatic N) is 3. The Balaban J connectivity index is 2.04. The summed E-state index contributed by atoms with van der Waals surface area (Å²) in [6.45, 7) is 2.11. The number of pyridine rings is 1. The van der Waals surface area contributed by atoms with E-state index in [0.717, 1.165) is 0 Å². The molecule has 2 heterocycles. The lowest BCUT2D eigenvalue weighted by Crippen LogP contribution is -2.27. The van der Waals surface area contributed by atoms with Gasteiger partial charge in [-0.05, 0) is 25.5 Å². The van der Waals surface area contributed by atoms with Crippen molar-refractivity contribution in [2.75, 3.05) is 6.54 Å². The van der Waals surface area contributed by atoms with Gasteiger partial charge in [-0.25, -0.2) is 9.97 Å². The van der Waals surface area contributed by atoms with Crippen LogP contribution in [0.4, 0.5) is 0 Å². The third-order valence-electron chi connectivity index (χ3n) is 2.58. The van der Waals surface area contributed by atoms with Gasteiger partial charge >= 0.3 is 0 Å². The van der Waals surface area contributed by atoms with Crippen LogP contribution in [-0.2, 0) is 0 Å². The van der Waals surface area contributed by atoms with Crippen LogP contribution in [0.2, 0.25) is 0 Å². The second kappa shape index (κ2) is 6.10. The Morgan fingerprint density at radius 2 is 2.37 bits per heavy atom. The fourth-order valence-corrected chi connectivity index (χ4v) is 1.57. The number of rotatable bonds is 5. The van der Waals surface area contributed by atoms with Gasteiger partial charge in [-0.3, -0.25) is 9.36 Å². The number of imidazole rings is 1. The molecule has 0 saturated heterocycles. The highest BCUT2D eigenvalue weighted by Crippen LogP contribution is 2.05. The number of aliphatic hydroxyl groups excluding tert-OH is 1. The fraction of sp³-hybridized carbons (Fsp3) is 0.308. The third kappa shape index (κ3) is 3.62. The Labute approximate surface area is 111 Å². The summed E-state index contributed by atoms with van der Waals surface area (Å²) < 4.78 is 1.73. The quantitative estimate of drug-likeness (QED) is 0.832. The second-order valence-corrected chi connectivity index (χ2v) is 4.24. The van der Waals surface area contributed by atoms with Crippen molar-refractivity contribution in [2.24, 2.45) is 0 Å². The molecule has 19 heavy (non-hydrogen) atoms. The minimum absolute atomic E-state index is 0.248. The predicted octanol–water partition coefficient (Wildman–Crippen LogP) is 0.768. The zero-order chi connectivity index (χ0) is 13.7. The number of carbonyl (C=O) groups excluding carboxylic acids is 1. The Morgan fingerprint density at radius 1 is 1.53 bits per heavy atom. The van der Waals surface area contributed by atoms with E-state index in [9.17, 15) is 4.79 Å². The maximum Gasteiger partial charge on any atom is 0.269 e. The molecule has 6 heteroatoms. The molecule has 1 unspecified atom stereocenters. The first-order chi connectivity index (χ1) is 9.16. The van der Waals surface area contributed by atoms with Gasteiger partial charge in [0.2, 0.25) is 0 Å².